The van der Waals surface area contributed by atoms with Gasteiger partial charge < -0.3 is 10.2 Å². The Hall–Kier alpha value is -1.00. The first kappa shape index (κ1) is 16.4. The molecule has 1 fully saturated rings. The number of halogens is 2. The van der Waals surface area contributed by atoms with Crippen molar-refractivity contribution >= 4 is 0 Å². The Morgan fingerprint density at radius 2 is 1.86 bits per heavy atom. The number of likely N-dealkylation sites (tertiary alicyclic amines) is 1. The Labute approximate surface area is 126 Å². The molecule has 0 radical (unpaired) electrons. The first-order valence-electron chi connectivity index (χ1n) is 7.99. The van der Waals surface area contributed by atoms with E-state index in [0.717, 1.165) is 19.5 Å². The van der Waals surface area contributed by atoms with Crippen molar-refractivity contribution in [1.82, 2.24) is 10.2 Å². The van der Waals surface area contributed by atoms with Gasteiger partial charge in [-0.25, -0.2) is 8.78 Å². The zero-order valence-corrected chi connectivity index (χ0v) is 13.1. The number of nitrogens with zero attached hydrogens (tertiary/aromatic N) is 1. The van der Waals surface area contributed by atoms with E-state index >= 15 is 0 Å². The van der Waals surface area contributed by atoms with Gasteiger partial charge in [0.25, 0.3) is 0 Å². The molecule has 1 saturated heterocycles. The second kappa shape index (κ2) is 7.85. The van der Waals surface area contributed by atoms with Crippen LogP contribution in [0.3, 0.4) is 0 Å². The number of benzene rings is 1. The predicted molar refractivity (Wildman–Crippen MR) is 82.4 cm³/mol. The minimum absolute atomic E-state index is 0.165. The molecular weight excluding hydrogens is 270 g/mol. The third kappa shape index (κ3) is 4.75. The molecule has 1 aromatic rings. The molecule has 1 atom stereocenters. The highest BCUT2D eigenvalue weighted by atomic mass is 19.1. The molecule has 4 heteroatoms. The number of hydrogen-bond donors (Lipinski definition) is 1. The SMILES string of the molecule is Cc1cc(F)c(C(C)NCCCN2CCCCC2)cc1F. The number of piperidine rings is 1. The average molecular weight is 296 g/mol. The molecule has 1 aliphatic rings. The third-order valence-corrected chi connectivity index (χ3v) is 4.29. The summed E-state index contributed by atoms with van der Waals surface area (Å²) in [5, 5.41) is 3.29. The molecule has 1 N–H and O–H groups in total. The highest BCUT2D eigenvalue weighted by Gasteiger charge is 2.14. The van der Waals surface area contributed by atoms with Crippen molar-refractivity contribution in [1.29, 1.82) is 0 Å². The molecule has 0 bridgehead atoms. The Kier molecular flexibility index (Phi) is 6.12. The Morgan fingerprint density at radius 1 is 1.14 bits per heavy atom. The van der Waals surface area contributed by atoms with Gasteiger partial charge in [-0.3, -0.25) is 0 Å². The summed E-state index contributed by atoms with van der Waals surface area (Å²) in [6.45, 7) is 7.78. The summed E-state index contributed by atoms with van der Waals surface area (Å²) in [6.07, 6.45) is 5.00. The van der Waals surface area contributed by atoms with Gasteiger partial charge in [-0.15, -0.1) is 0 Å². The minimum Gasteiger partial charge on any atom is -0.310 e. The smallest absolute Gasteiger partial charge is 0.128 e. The van der Waals surface area contributed by atoms with Gasteiger partial charge in [0, 0.05) is 11.6 Å². The van der Waals surface area contributed by atoms with Gasteiger partial charge in [-0.05, 0) is 77.0 Å². The van der Waals surface area contributed by atoms with Gasteiger partial charge in [-0.2, -0.15) is 0 Å². The Bertz CT molecular complexity index is 456. The molecule has 0 amide bonds. The summed E-state index contributed by atoms with van der Waals surface area (Å²) in [5.41, 5.74) is 0.768. The average Bonchev–Trinajstić information content (AvgIpc) is 2.48. The highest BCUT2D eigenvalue weighted by Crippen LogP contribution is 2.20. The van der Waals surface area contributed by atoms with Crippen molar-refractivity contribution in [2.45, 2.75) is 45.6 Å². The molecule has 0 aromatic heterocycles. The van der Waals surface area contributed by atoms with Crippen LogP contribution in [0.25, 0.3) is 0 Å². The van der Waals surface area contributed by atoms with Crippen LogP contribution in [0.4, 0.5) is 8.78 Å². The monoisotopic (exact) mass is 296 g/mol. The summed E-state index contributed by atoms with van der Waals surface area (Å²) < 4.78 is 27.4. The van der Waals surface area contributed by atoms with Crippen LogP contribution < -0.4 is 5.32 Å². The first-order chi connectivity index (χ1) is 10.1. The maximum Gasteiger partial charge on any atom is 0.128 e. The summed E-state index contributed by atoms with van der Waals surface area (Å²) in [6, 6.07) is 2.42. The Balaban J connectivity index is 1.76. The quantitative estimate of drug-likeness (QED) is 0.803. The van der Waals surface area contributed by atoms with E-state index in [4.69, 9.17) is 0 Å². The van der Waals surface area contributed by atoms with E-state index in [1.807, 2.05) is 6.92 Å². The standard InChI is InChI=1S/C17H26F2N2/c1-13-11-17(19)15(12-16(13)18)14(2)20-7-6-10-21-8-4-3-5-9-21/h11-12,14,20H,3-10H2,1-2H3. The van der Waals surface area contributed by atoms with Crippen LogP contribution in [0.2, 0.25) is 0 Å². The van der Waals surface area contributed by atoms with E-state index in [-0.39, 0.29) is 17.7 Å². The van der Waals surface area contributed by atoms with Crippen molar-refractivity contribution in [3.8, 4) is 0 Å². The fourth-order valence-electron chi connectivity index (χ4n) is 2.91. The molecular formula is C17H26F2N2. The third-order valence-electron chi connectivity index (χ3n) is 4.29. The first-order valence-corrected chi connectivity index (χ1v) is 7.99. The second-order valence-corrected chi connectivity index (χ2v) is 6.05. The van der Waals surface area contributed by atoms with Gasteiger partial charge in [0.15, 0.2) is 0 Å². The van der Waals surface area contributed by atoms with E-state index in [0.29, 0.717) is 11.1 Å². The largest absolute Gasteiger partial charge is 0.310 e. The molecule has 21 heavy (non-hydrogen) atoms. The van der Waals surface area contributed by atoms with Gasteiger partial charge >= 0.3 is 0 Å². The molecule has 2 rings (SSSR count). The predicted octanol–water partition coefficient (Wildman–Crippen LogP) is 3.80. The Morgan fingerprint density at radius 3 is 2.57 bits per heavy atom. The molecule has 2 nitrogen and oxygen atoms in total. The topological polar surface area (TPSA) is 15.3 Å². The summed E-state index contributed by atoms with van der Waals surface area (Å²) in [7, 11) is 0. The highest BCUT2D eigenvalue weighted by molar-refractivity contribution is 5.27. The lowest BCUT2D eigenvalue weighted by atomic mass is 10.0. The molecule has 118 valence electrons. The van der Waals surface area contributed by atoms with Crippen LogP contribution in [0.15, 0.2) is 12.1 Å². The van der Waals surface area contributed by atoms with E-state index < -0.39 is 0 Å². The molecule has 0 saturated carbocycles. The zero-order valence-electron chi connectivity index (χ0n) is 13.1. The molecule has 0 aliphatic carbocycles. The van der Waals surface area contributed by atoms with Crippen LogP contribution in [-0.4, -0.2) is 31.1 Å². The van der Waals surface area contributed by atoms with Crippen molar-refractivity contribution in [2.24, 2.45) is 0 Å². The fraction of sp³-hybridized carbons (Fsp3) is 0.647. The van der Waals surface area contributed by atoms with E-state index in [9.17, 15) is 8.78 Å². The van der Waals surface area contributed by atoms with Crippen LogP contribution >= 0.6 is 0 Å². The lowest BCUT2D eigenvalue weighted by Crippen LogP contribution is -2.32. The lowest BCUT2D eigenvalue weighted by molar-refractivity contribution is 0.225. The normalized spacial score (nSPS) is 17.9. The zero-order chi connectivity index (χ0) is 15.2. The summed E-state index contributed by atoms with van der Waals surface area (Å²) >= 11 is 0. The van der Waals surface area contributed by atoms with Gasteiger partial charge in [0.1, 0.15) is 11.6 Å². The molecule has 1 aliphatic heterocycles. The van der Waals surface area contributed by atoms with E-state index in [1.54, 1.807) is 6.92 Å². The van der Waals surface area contributed by atoms with E-state index in [2.05, 4.69) is 10.2 Å². The second-order valence-electron chi connectivity index (χ2n) is 6.05. The van der Waals surface area contributed by atoms with Crippen LogP contribution in [0.1, 0.15) is 49.8 Å². The fourth-order valence-corrected chi connectivity index (χ4v) is 2.91. The van der Waals surface area contributed by atoms with E-state index in [1.165, 1.54) is 44.5 Å². The van der Waals surface area contributed by atoms with Crippen molar-refractivity contribution in [2.75, 3.05) is 26.2 Å². The van der Waals surface area contributed by atoms with Crippen molar-refractivity contribution < 1.29 is 8.78 Å². The number of nitrogens with one attached hydrogen (secondary N) is 1. The molecule has 1 heterocycles. The number of aryl methyl sites for hydroxylation is 1. The molecule has 0 spiro atoms. The number of hydrogen-bond acceptors (Lipinski definition) is 2. The maximum absolute atomic E-state index is 13.9. The van der Waals surface area contributed by atoms with Crippen LogP contribution in [-0.2, 0) is 0 Å². The summed E-state index contributed by atoms with van der Waals surface area (Å²) in [4.78, 5) is 2.49. The van der Waals surface area contributed by atoms with Crippen LogP contribution in [0, 0.1) is 18.6 Å². The lowest BCUT2D eigenvalue weighted by Gasteiger charge is -2.26. The van der Waals surface area contributed by atoms with Gasteiger partial charge in [-0.1, -0.05) is 6.42 Å². The number of rotatable bonds is 6. The minimum atomic E-state index is -0.339. The van der Waals surface area contributed by atoms with Gasteiger partial charge in [0.2, 0.25) is 0 Å². The van der Waals surface area contributed by atoms with Crippen LogP contribution in [0.5, 0.6) is 0 Å². The van der Waals surface area contributed by atoms with Crippen molar-refractivity contribution in [3.63, 3.8) is 0 Å². The van der Waals surface area contributed by atoms with Crippen molar-refractivity contribution in [3.05, 3.63) is 34.9 Å². The summed E-state index contributed by atoms with van der Waals surface area (Å²) in [5.74, 6) is -0.668. The maximum atomic E-state index is 13.9. The van der Waals surface area contributed by atoms with Gasteiger partial charge in [0.05, 0.1) is 0 Å². The molecule has 1 unspecified atom stereocenters. The molecule has 1 aromatic carbocycles.